The van der Waals surface area contributed by atoms with Gasteiger partial charge in [-0.2, -0.15) is 0 Å². The van der Waals surface area contributed by atoms with Gasteiger partial charge in [-0.3, -0.25) is 4.90 Å². The van der Waals surface area contributed by atoms with Gasteiger partial charge in [0.15, 0.2) is 0 Å². The molecule has 0 amide bonds. The molecule has 1 heterocycles. The van der Waals surface area contributed by atoms with Crippen LogP contribution in [-0.4, -0.2) is 47.3 Å². The molecule has 1 saturated heterocycles. The molecule has 0 aliphatic carbocycles. The highest BCUT2D eigenvalue weighted by atomic mass is 16.3. The number of rotatable bonds is 7. The van der Waals surface area contributed by atoms with Crippen LogP contribution in [-0.2, 0) is 0 Å². The van der Waals surface area contributed by atoms with E-state index in [1.165, 1.54) is 19.4 Å². The number of aliphatic hydroxyl groups excluding tert-OH is 1. The van der Waals surface area contributed by atoms with E-state index < -0.39 is 0 Å². The summed E-state index contributed by atoms with van der Waals surface area (Å²) >= 11 is 0. The summed E-state index contributed by atoms with van der Waals surface area (Å²) in [7, 11) is 0. The molecule has 0 saturated carbocycles. The summed E-state index contributed by atoms with van der Waals surface area (Å²) in [4.78, 5) is 2.56. The van der Waals surface area contributed by atoms with Crippen molar-refractivity contribution in [1.82, 2.24) is 10.2 Å². The van der Waals surface area contributed by atoms with Gasteiger partial charge in [-0.05, 0) is 59.5 Å². The lowest BCUT2D eigenvalue weighted by atomic mass is 9.96. The Morgan fingerprint density at radius 1 is 1.41 bits per heavy atom. The zero-order chi connectivity index (χ0) is 12.9. The molecule has 0 bridgehead atoms. The summed E-state index contributed by atoms with van der Waals surface area (Å²) in [6.07, 6.45) is 4.74. The molecule has 0 aromatic carbocycles. The van der Waals surface area contributed by atoms with Gasteiger partial charge in [0.25, 0.3) is 0 Å². The fourth-order valence-corrected chi connectivity index (χ4v) is 2.61. The van der Waals surface area contributed by atoms with Crippen LogP contribution in [0.1, 0.15) is 53.4 Å². The maximum atomic E-state index is 9.53. The topological polar surface area (TPSA) is 35.5 Å². The average Bonchev–Trinajstić information content (AvgIpc) is 2.63. The summed E-state index contributed by atoms with van der Waals surface area (Å²) in [6, 6.07) is 0. The van der Waals surface area contributed by atoms with Crippen molar-refractivity contribution in [2.75, 3.05) is 26.2 Å². The Morgan fingerprint density at radius 3 is 2.59 bits per heavy atom. The van der Waals surface area contributed by atoms with Crippen LogP contribution >= 0.6 is 0 Å². The van der Waals surface area contributed by atoms with Crippen molar-refractivity contribution in [1.29, 1.82) is 0 Å². The molecule has 0 aromatic rings. The fourth-order valence-electron chi connectivity index (χ4n) is 2.61. The van der Waals surface area contributed by atoms with Crippen molar-refractivity contribution in [2.24, 2.45) is 0 Å². The lowest BCUT2D eigenvalue weighted by Gasteiger charge is -2.36. The Hall–Kier alpha value is -0.120. The molecule has 0 radical (unpaired) electrons. The van der Waals surface area contributed by atoms with Gasteiger partial charge in [0.05, 0.1) is 6.61 Å². The molecule has 0 aromatic heterocycles. The Morgan fingerprint density at radius 2 is 2.12 bits per heavy atom. The molecular formula is C14H30N2O. The van der Waals surface area contributed by atoms with Crippen LogP contribution in [0.3, 0.4) is 0 Å². The predicted octanol–water partition coefficient (Wildman–Crippen LogP) is 2.00. The van der Waals surface area contributed by atoms with E-state index >= 15 is 0 Å². The maximum absolute atomic E-state index is 9.53. The Balaban J connectivity index is 2.41. The van der Waals surface area contributed by atoms with E-state index in [4.69, 9.17) is 0 Å². The smallest absolute Gasteiger partial charge is 0.0611 e. The first-order valence-electron chi connectivity index (χ1n) is 7.04. The van der Waals surface area contributed by atoms with Crippen molar-refractivity contribution < 1.29 is 5.11 Å². The normalized spacial score (nSPS) is 23.8. The van der Waals surface area contributed by atoms with E-state index in [1.54, 1.807) is 0 Å². The van der Waals surface area contributed by atoms with Crippen molar-refractivity contribution in [3.05, 3.63) is 0 Å². The highest BCUT2D eigenvalue weighted by molar-refractivity contribution is 4.91. The fraction of sp³-hybridized carbons (Fsp3) is 1.00. The summed E-state index contributed by atoms with van der Waals surface area (Å²) in [5.74, 6) is 0. The largest absolute Gasteiger partial charge is 0.394 e. The minimum Gasteiger partial charge on any atom is -0.394 e. The lowest BCUT2D eigenvalue weighted by molar-refractivity contribution is 0.119. The van der Waals surface area contributed by atoms with Gasteiger partial charge in [-0.15, -0.1) is 0 Å². The van der Waals surface area contributed by atoms with Crippen molar-refractivity contribution in [3.8, 4) is 0 Å². The molecular weight excluding hydrogens is 212 g/mol. The third kappa shape index (κ3) is 4.23. The van der Waals surface area contributed by atoms with Crippen LogP contribution in [0.25, 0.3) is 0 Å². The molecule has 102 valence electrons. The van der Waals surface area contributed by atoms with Crippen LogP contribution < -0.4 is 5.32 Å². The summed E-state index contributed by atoms with van der Waals surface area (Å²) in [5.41, 5.74) is 0.232. The van der Waals surface area contributed by atoms with Gasteiger partial charge in [0.1, 0.15) is 0 Å². The summed E-state index contributed by atoms with van der Waals surface area (Å²) in [5, 5.41) is 13.0. The summed E-state index contributed by atoms with van der Waals surface area (Å²) in [6.45, 7) is 12.5. The number of hydrogen-bond acceptors (Lipinski definition) is 3. The van der Waals surface area contributed by atoms with Crippen LogP contribution in [0.2, 0.25) is 0 Å². The second kappa shape index (κ2) is 6.17. The summed E-state index contributed by atoms with van der Waals surface area (Å²) < 4.78 is 0. The zero-order valence-electron chi connectivity index (χ0n) is 12.1. The Bertz CT molecular complexity index is 230. The zero-order valence-corrected chi connectivity index (χ0v) is 12.1. The van der Waals surface area contributed by atoms with Crippen molar-refractivity contribution >= 4 is 0 Å². The third-order valence-corrected chi connectivity index (χ3v) is 4.16. The average molecular weight is 242 g/mol. The monoisotopic (exact) mass is 242 g/mol. The molecule has 0 spiro atoms. The highest BCUT2D eigenvalue weighted by Crippen LogP contribution is 2.28. The molecule has 1 aliphatic rings. The highest BCUT2D eigenvalue weighted by Gasteiger charge is 2.33. The van der Waals surface area contributed by atoms with E-state index in [2.05, 4.69) is 37.9 Å². The molecule has 1 fully saturated rings. The van der Waals surface area contributed by atoms with Crippen molar-refractivity contribution in [2.45, 2.75) is 64.5 Å². The number of nitrogens with zero attached hydrogens (tertiary/aromatic N) is 1. The number of nitrogens with one attached hydrogen (secondary N) is 1. The van der Waals surface area contributed by atoms with Gasteiger partial charge in [0, 0.05) is 17.6 Å². The minimum atomic E-state index is -0.116. The van der Waals surface area contributed by atoms with E-state index in [9.17, 15) is 5.11 Å². The quantitative estimate of drug-likeness (QED) is 0.717. The van der Waals surface area contributed by atoms with Crippen LogP contribution in [0, 0.1) is 0 Å². The van der Waals surface area contributed by atoms with Gasteiger partial charge < -0.3 is 10.4 Å². The van der Waals surface area contributed by atoms with E-state index in [0.717, 1.165) is 25.9 Å². The molecule has 1 atom stereocenters. The Kier molecular flexibility index (Phi) is 5.42. The first-order valence-corrected chi connectivity index (χ1v) is 7.04. The van der Waals surface area contributed by atoms with E-state index in [0.29, 0.717) is 5.54 Å². The standard InChI is InChI=1S/C14H30N2O/c1-5-9-15-14(4,12-17)8-11-16-10-6-7-13(16,2)3/h15,17H,5-12H2,1-4H3. The SMILES string of the molecule is CCCNC(C)(CO)CCN1CCCC1(C)C. The lowest BCUT2D eigenvalue weighted by Crippen LogP contribution is -2.49. The van der Waals surface area contributed by atoms with Crippen LogP contribution in [0.5, 0.6) is 0 Å². The van der Waals surface area contributed by atoms with Crippen LogP contribution in [0.4, 0.5) is 0 Å². The molecule has 1 rings (SSSR count). The predicted molar refractivity (Wildman–Crippen MR) is 73.3 cm³/mol. The second-order valence-electron chi connectivity index (χ2n) is 6.30. The van der Waals surface area contributed by atoms with E-state index in [1.807, 2.05) is 0 Å². The third-order valence-electron chi connectivity index (χ3n) is 4.16. The molecule has 3 nitrogen and oxygen atoms in total. The first kappa shape index (κ1) is 14.9. The van der Waals surface area contributed by atoms with Crippen molar-refractivity contribution in [3.63, 3.8) is 0 Å². The molecule has 17 heavy (non-hydrogen) atoms. The maximum Gasteiger partial charge on any atom is 0.0611 e. The number of aliphatic hydroxyl groups is 1. The van der Waals surface area contributed by atoms with Crippen LogP contribution in [0.15, 0.2) is 0 Å². The van der Waals surface area contributed by atoms with Gasteiger partial charge >= 0.3 is 0 Å². The number of likely N-dealkylation sites (tertiary alicyclic amines) is 1. The van der Waals surface area contributed by atoms with Gasteiger partial charge in [-0.1, -0.05) is 6.92 Å². The first-order chi connectivity index (χ1) is 7.93. The van der Waals surface area contributed by atoms with Gasteiger partial charge in [-0.25, -0.2) is 0 Å². The Labute approximate surface area is 107 Å². The molecule has 1 unspecified atom stereocenters. The molecule has 1 aliphatic heterocycles. The van der Waals surface area contributed by atoms with E-state index in [-0.39, 0.29) is 12.1 Å². The molecule has 2 N–H and O–H groups in total. The van der Waals surface area contributed by atoms with Gasteiger partial charge in [0.2, 0.25) is 0 Å². The minimum absolute atomic E-state index is 0.116. The number of hydrogen-bond donors (Lipinski definition) is 2. The second-order valence-corrected chi connectivity index (χ2v) is 6.30. The molecule has 3 heteroatoms.